The topological polar surface area (TPSA) is 153 Å². The van der Waals surface area contributed by atoms with Crippen LogP contribution in [0.5, 0.6) is 0 Å². The number of nitrogens with zero attached hydrogens (tertiary/aromatic N) is 2. The summed E-state index contributed by atoms with van der Waals surface area (Å²) in [5.74, 6) is -1.08. The number of rotatable bonds is 12. The van der Waals surface area contributed by atoms with Crippen LogP contribution >= 0.6 is 0 Å². The Labute approximate surface area is 268 Å². The number of aliphatic hydroxyl groups excluding tert-OH is 2. The van der Waals surface area contributed by atoms with Gasteiger partial charge in [0.25, 0.3) is 6.47 Å². The van der Waals surface area contributed by atoms with E-state index in [1.807, 2.05) is 39.0 Å². The van der Waals surface area contributed by atoms with E-state index in [1.54, 1.807) is 26.0 Å². The summed E-state index contributed by atoms with van der Waals surface area (Å²) in [6.07, 6.45) is 7.74. The third kappa shape index (κ3) is 11.6. The van der Waals surface area contributed by atoms with Crippen molar-refractivity contribution >= 4 is 12.4 Å². The number of carbonyl (C=O) groups excluding carboxylic acids is 2. The van der Waals surface area contributed by atoms with Gasteiger partial charge in [-0.05, 0) is 46.2 Å². The highest BCUT2D eigenvalue weighted by atomic mass is 16.6. The molecular weight excluding hydrogens is 580 g/mol. The third-order valence-corrected chi connectivity index (χ3v) is 9.52. The van der Waals surface area contributed by atoms with Gasteiger partial charge in [0.15, 0.2) is 0 Å². The fraction of sp³-hybridized carbons (Fsp3) is 0.765. The molecule has 2 saturated heterocycles. The molecule has 3 rings (SSSR count). The Morgan fingerprint density at radius 1 is 1.22 bits per heavy atom. The van der Waals surface area contributed by atoms with Crippen LogP contribution < -0.4 is 0 Å². The molecule has 11 nitrogen and oxygen atoms in total. The van der Waals surface area contributed by atoms with Crippen molar-refractivity contribution in [2.24, 2.45) is 11.8 Å². The summed E-state index contributed by atoms with van der Waals surface area (Å²) in [5, 5.41) is 43.9. The van der Waals surface area contributed by atoms with Gasteiger partial charge in [-0.3, -0.25) is 14.5 Å². The monoisotopic (exact) mass is 636 g/mol. The van der Waals surface area contributed by atoms with Crippen LogP contribution in [0.15, 0.2) is 36.0 Å². The van der Waals surface area contributed by atoms with Crippen LogP contribution in [0, 0.1) is 11.8 Å². The molecule has 0 aromatic rings. The second kappa shape index (κ2) is 16.6. The first-order chi connectivity index (χ1) is 21.1. The lowest BCUT2D eigenvalue weighted by molar-refractivity contribution is -0.151. The van der Waals surface area contributed by atoms with Crippen molar-refractivity contribution in [1.29, 1.82) is 0 Å². The number of aliphatic hydroxyl groups is 4. The molecule has 0 bridgehead atoms. The number of carbonyl (C=O) groups is 2. The Kier molecular flexibility index (Phi) is 13.8. The van der Waals surface area contributed by atoms with Crippen molar-refractivity contribution in [2.45, 2.75) is 114 Å². The Bertz CT molecular complexity index is 1050. The quantitative estimate of drug-likeness (QED) is 0.0818. The number of cyclic esters (lactones) is 1. The van der Waals surface area contributed by atoms with E-state index >= 15 is 0 Å². The molecule has 11 heteroatoms. The first-order valence-electron chi connectivity index (χ1n) is 16.3. The molecule has 0 amide bonds. The lowest BCUT2D eigenvalue weighted by Crippen LogP contribution is -2.56. The normalized spacial score (nSPS) is 35.9. The molecular formula is C34H56N2O9. The van der Waals surface area contributed by atoms with Crippen molar-refractivity contribution in [3.05, 3.63) is 36.0 Å². The number of hydrogen-bond acceptors (Lipinski definition) is 11. The standard InChI is InChI=1S/C34H56N2O9/c1-23-8-7-13-33(4,41)21-28-32(44-28)25(3)27(39)20-30(40)45-31(23)24(2)9-10-29(36-17-15-35(6)16-18-36)34(5,42)14-11-26(38)12-19-43-22-37/h7-10,13,22,24-29,31-32,38-39,41-42H,11-12,14-21H2,1-6H3/b10-9+,13-7-,23-8+. The molecule has 10 unspecified atom stereocenters. The van der Waals surface area contributed by atoms with Crippen molar-refractivity contribution in [2.75, 3.05) is 39.8 Å². The van der Waals surface area contributed by atoms with Crippen LogP contribution in [0.2, 0.25) is 0 Å². The molecule has 0 aromatic heterocycles. The van der Waals surface area contributed by atoms with Crippen LogP contribution in [-0.2, 0) is 23.8 Å². The van der Waals surface area contributed by atoms with Crippen molar-refractivity contribution < 1.29 is 44.2 Å². The molecule has 0 aromatic carbocycles. The lowest BCUT2D eigenvalue weighted by atomic mass is 9.86. The Hall–Kier alpha value is -2.12. The van der Waals surface area contributed by atoms with Gasteiger partial charge in [0, 0.05) is 50.9 Å². The van der Waals surface area contributed by atoms with Crippen LogP contribution in [0.4, 0.5) is 0 Å². The zero-order valence-corrected chi connectivity index (χ0v) is 27.9. The van der Waals surface area contributed by atoms with Gasteiger partial charge >= 0.3 is 5.97 Å². The van der Waals surface area contributed by atoms with E-state index in [2.05, 4.69) is 16.8 Å². The van der Waals surface area contributed by atoms with Crippen molar-refractivity contribution in [1.82, 2.24) is 9.80 Å². The predicted octanol–water partition coefficient (Wildman–Crippen LogP) is 1.97. The molecule has 2 fully saturated rings. The molecule has 0 radical (unpaired) electrons. The molecule has 0 spiro atoms. The summed E-state index contributed by atoms with van der Waals surface area (Å²) < 4.78 is 16.4. The summed E-state index contributed by atoms with van der Waals surface area (Å²) >= 11 is 0. The maximum absolute atomic E-state index is 13.1. The number of fused-ring (bicyclic) bond motifs is 1. The van der Waals surface area contributed by atoms with Gasteiger partial charge in [-0.1, -0.05) is 44.2 Å². The zero-order valence-electron chi connectivity index (χ0n) is 27.9. The van der Waals surface area contributed by atoms with Gasteiger partial charge in [0.05, 0.1) is 54.7 Å². The first kappa shape index (κ1) is 37.3. The maximum atomic E-state index is 13.1. The fourth-order valence-electron chi connectivity index (χ4n) is 6.35. The summed E-state index contributed by atoms with van der Waals surface area (Å²) in [5.41, 5.74) is -1.50. The molecule has 4 N–H and O–H groups in total. The highest BCUT2D eigenvalue weighted by Crippen LogP contribution is 2.38. The van der Waals surface area contributed by atoms with Crippen LogP contribution in [-0.4, -0.2) is 130 Å². The summed E-state index contributed by atoms with van der Waals surface area (Å²) in [6, 6.07) is -0.366. The van der Waals surface area contributed by atoms with Gasteiger partial charge in [-0.15, -0.1) is 0 Å². The minimum absolute atomic E-state index is 0.122. The van der Waals surface area contributed by atoms with E-state index in [-0.39, 0.29) is 43.1 Å². The van der Waals surface area contributed by atoms with E-state index in [1.165, 1.54) is 0 Å². The smallest absolute Gasteiger partial charge is 0.309 e. The lowest BCUT2D eigenvalue weighted by Gasteiger charge is -2.43. The molecule has 3 aliphatic heterocycles. The van der Waals surface area contributed by atoms with Crippen LogP contribution in [0.25, 0.3) is 0 Å². The van der Waals surface area contributed by atoms with E-state index in [9.17, 15) is 30.0 Å². The molecule has 10 atom stereocenters. The van der Waals surface area contributed by atoms with Gasteiger partial charge < -0.3 is 39.5 Å². The van der Waals surface area contributed by atoms with E-state index in [4.69, 9.17) is 14.2 Å². The van der Waals surface area contributed by atoms with E-state index in [0.717, 1.165) is 31.8 Å². The molecule has 45 heavy (non-hydrogen) atoms. The number of allylic oxidation sites excluding steroid dienone is 2. The minimum atomic E-state index is -1.18. The summed E-state index contributed by atoms with van der Waals surface area (Å²) in [6.45, 7) is 12.9. The Morgan fingerprint density at radius 3 is 2.58 bits per heavy atom. The summed E-state index contributed by atoms with van der Waals surface area (Å²) in [4.78, 5) is 28.0. The van der Waals surface area contributed by atoms with Crippen molar-refractivity contribution in [3.63, 3.8) is 0 Å². The molecule has 3 heterocycles. The second-order valence-corrected chi connectivity index (χ2v) is 13.8. The Balaban J connectivity index is 1.82. The van der Waals surface area contributed by atoms with Crippen LogP contribution in [0.1, 0.15) is 66.7 Å². The largest absolute Gasteiger partial charge is 0.468 e. The Morgan fingerprint density at radius 2 is 1.91 bits per heavy atom. The van der Waals surface area contributed by atoms with Crippen molar-refractivity contribution in [3.8, 4) is 0 Å². The first-order valence-corrected chi connectivity index (χ1v) is 16.3. The zero-order chi connectivity index (χ0) is 33.4. The van der Waals surface area contributed by atoms with Gasteiger partial charge in [0.2, 0.25) is 0 Å². The van der Waals surface area contributed by atoms with Gasteiger partial charge in [-0.2, -0.15) is 0 Å². The molecule has 256 valence electrons. The molecule has 3 aliphatic rings. The van der Waals surface area contributed by atoms with Gasteiger partial charge in [-0.25, -0.2) is 0 Å². The number of hydrogen-bond donors (Lipinski definition) is 4. The average Bonchev–Trinajstić information content (AvgIpc) is 3.72. The fourth-order valence-corrected chi connectivity index (χ4v) is 6.35. The predicted molar refractivity (Wildman–Crippen MR) is 170 cm³/mol. The highest BCUT2D eigenvalue weighted by Gasteiger charge is 2.48. The van der Waals surface area contributed by atoms with E-state index in [0.29, 0.717) is 32.2 Å². The van der Waals surface area contributed by atoms with Gasteiger partial charge in [0.1, 0.15) is 6.10 Å². The number of piperazine rings is 1. The second-order valence-electron chi connectivity index (χ2n) is 13.8. The average molecular weight is 637 g/mol. The highest BCUT2D eigenvalue weighted by molar-refractivity contribution is 5.70. The number of likely N-dealkylation sites (N-methyl/N-ethyl adjacent to an activating group) is 1. The maximum Gasteiger partial charge on any atom is 0.309 e. The number of epoxide rings is 1. The van der Waals surface area contributed by atoms with Crippen LogP contribution in [0.3, 0.4) is 0 Å². The molecule has 0 saturated carbocycles. The SMILES string of the molecule is C/C1=C\C=C/C(C)(O)CC2OC2C(C)C(O)CC(=O)OC1C(C)/C=C/C(N1CCN(C)CC1)C(C)(O)CCC(O)CCOC=O. The van der Waals surface area contributed by atoms with E-state index < -0.39 is 35.5 Å². The summed E-state index contributed by atoms with van der Waals surface area (Å²) in [7, 11) is 2.07. The number of ether oxygens (including phenoxy) is 3. The molecule has 0 aliphatic carbocycles. The minimum Gasteiger partial charge on any atom is -0.468 e. The third-order valence-electron chi connectivity index (χ3n) is 9.52. The number of esters is 1.